The van der Waals surface area contributed by atoms with Gasteiger partial charge < -0.3 is 9.80 Å². The van der Waals surface area contributed by atoms with E-state index >= 15 is 0 Å². The summed E-state index contributed by atoms with van der Waals surface area (Å²) in [5.74, 6) is 0.257. The van der Waals surface area contributed by atoms with Gasteiger partial charge in [-0.1, -0.05) is 24.1 Å². The molecule has 0 aliphatic rings. The van der Waals surface area contributed by atoms with Crippen molar-refractivity contribution >= 4 is 5.78 Å². The van der Waals surface area contributed by atoms with Gasteiger partial charge >= 0.3 is 0 Å². The second-order valence-electron chi connectivity index (χ2n) is 6.14. The van der Waals surface area contributed by atoms with Crippen LogP contribution in [-0.2, 0) is 0 Å². The molecule has 0 aromatic heterocycles. The largest absolute Gasteiger partial charge is 0.309 e. The summed E-state index contributed by atoms with van der Waals surface area (Å²) in [6.07, 6.45) is 1.76. The van der Waals surface area contributed by atoms with Crippen LogP contribution in [0.25, 0.3) is 0 Å². The highest BCUT2D eigenvalue weighted by Crippen LogP contribution is 2.11. The van der Waals surface area contributed by atoms with Gasteiger partial charge in [0, 0.05) is 18.5 Å². The highest BCUT2D eigenvalue weighted by Gasteiger charge is 2.10. The van der Waals surface area contributed by atoms with Gasteiger partial charge in [0.15, 0.2) is 5.78 Å². The van der Waals surface area contributed by atoms with E-state index in [2.05, 4.69) is 36.9 Å². The van der Waals surface area contributed by atoms with Gasteiger partial charge in [-0.15, -0.1) is 0 Å². The van der Waals surface area contributed by atoms with Crippen LogP contribution in [0.4, 0.5) is 0 Å². The molecule has 0 N–H and O–H groups in total. The maximum absolute atomic E-state index is 12.3. The molecule has 0 heterocycles. The van der Waals surface area contributed by atoms with E-state index in [-0.39, 0.29) is 5.78 Å². The van der Waals surface area contributed by atoms with Crippen molar-refractivity contribution in [1.82, 2.24) is 9.80 Å². The summed E-state index contributed by atoms with van der Waals surface area (Å²) in [6.45, 7) is 10.3. The zero-order chi connectivity index (χ0) is 15.8. The minimum Gasteiger partial charge on any atom is -0.309 e. The molecule has 0 amide bonds. The van der Waals surface area contributed by atoms with Crippen LogP contribution in [0.5, 0.6) is 0 Å². The molecule has 118 valence electrons. The van der Waals surface area contributed by atoms with Crippen molar-refractivity contribution < 1.29 is 4.79 Å². The molecule has 0 aliphatic carbocycles. The van der Waals surface area contributed by atoms with Crippen LogP contribution in [0.3, 0.4) is 0 Å². The van der Waals surface area contributed by atoms with E-state index in [0.29, 0.717) is 6.42 Å². The van der Waals surface area contributed by atoms with E-state index in [1.165, 1.54) is 0 Å². The monoisotopic (exact) mass is 290 g/mol. The van der Waals surface area contributed by atoms with E-state index in [1.807, 2.05) is 26.0 Å². The number of carbonyl (C=O) groups excluding carboxylic acids is 1. The fraction of sp³-hybridized carbons (Fsp3) is 0.611. The molecule has 1 rings (SSSR count). The van der Waals surface area contributed by atoms with Gasteiger partial charge in [0.05, 0.1) is 0 Å². The van der Waals surface area contributed by atoms with Gasteiger partial charge in [0.2, 0.25) is 0 Å². The maximum atomic E-state index is 12.3. The van der Waals surface area contributed by atoms with Crippen molar-refractivity contribution in [2.75, 3.05) is 40.3 Å². The Morgan fingerprint density at radius 1 is 1.00 bits per heavy atom. The van der Waals surface area contributed by atoms with Gasteiger partial charge in [-0.05, 0) is 66.1 Å². The SMILES string of the molecule is CCN(CCCN(C)C)CCC(=O)c1cc(C)cc(C)c1. The lowest BCUT2D eigenvalue weighted by Crippen LogP contribution is -2.29. The zero-order valence-corrected chi connectivity index (χ0v) is 14.3. The Kier molecular flexibility index (Phi) is 7.62. The molecule has 0 aliphatic heterocycles. The fourth-order valence-corrected chi connectivity index (χ4v) is 2.58. The van der Waals surface area contributed by atoms with Crippen molar-refractivity contribution in [2.24, 2.45) is 0 Å². The smallest absolute Gasteiger partial charge is 0.164 e. The van der Waals surface area contributed by atoms with Crippen molar-refractivity contribution in [3.8, 4) is 0 Å². The molecule has 0 atom stereocenters. The first-order chi connectivity index (χ1) is 9.92. The quantitative estimate of drug-likeness (QED) is 0.653. The third kappa shape index (κ3) is 6.87. The topological polar surface area (TPSA) is 23.6 Å². The lowest BCUT2D eigenvalue weighted by molar-refractivity contribution is 0.0964. The summed E-state index contributed by atoms with van der Waals surface area (Å²) in [5, 5.41) is 0. The lowest BCUT2D eigenvalue weighted by atomic mass is 10.0. The summed E-state index contributed by atoms with van der Waals surface area (Å²) in [5.41, 5.74) is 3.19. The van der Waals surface area contributed by atoms with Crippen LogP contribution < -0.4 is 0 Å². The Labute approximate surface area is 129 Å². The number of aryl methyl sites for hydroxylation is 2. The van der Waals surface area contributed by atoms with Crippen molar-refractivity contribution in [2.45, 2.75) is 33.6 Å². The highest BCUT2D eigenvalue weighted by atomic mass is 16.1. The summed E-state index contributed by atoms with van der Waals surface area (Å²) >= 11 is 0. The molecule has 0 fully saturated rings. The molecule has 3 nitrogen and oxygen atoms in total. The molecule has 0 spiro atoms. The average Bonchev–Trinajstić information content (AvgIpc) is 2.40. The van der Waals surface area contributed by atoms with Gasteiger partial charge in [-0.2, -0.15) is 0 Å². The average molecular weight is 290 g/mol. The summed E-state index contributed by atoms with van der Waals surface area (Å²) in [7, 11) is 4.19. The molecular weight excluding hydrogens is 260 g/mol. The molecule has 1 aromatic rings. The minimum atomic E-state index is 0.257. The highest BCUT2D eigenvalue weighted by molar-refractivity contribution is 5.96. The molecule has 0 unspecified atom stereocenters. The summed E-state index contributed by atoms with van der Waals surface area (Å²) < 4.78 is 0. The van der Waals surface area contributed by atoms with E-state index in [4.69, 9.17) is 0 Å². The molecular formula is C18H30N2O. The van der Waals surface area contributed by atoms with Crippen LogP contribution in [0.2, 0.25) is 0 Å². The second kappa shape index (κ2) is 8.96. The molecule has 0 bridgehead atoms. The standard InChI is InChI=1S/C18H30N2O/c1-6-20(10-7-9-19(4)5)11-8-18(21)17-13-15(2)12-16(3)14-17/h12-14H,6-11H2,1-5H3. The van der Waals surface area contributed by atoms with Crippen LogP contribution >= 0.6 is 0 Å². The lowest BCUT2D eigenvalue weighted by Gasteiger charge is -2.21. The third-order valence-electron chi connectivity index (χ3n) is 3.73. The van der Waals surface area contributed by atoms with Crippen LogP contribution in [0.1, 0.15) is 41.3 Å². The Morgan fingerprint density at radius 3 is 2.14 bits per heavy atom. The van der Waals surface area contributed by atoms with Crippen molar-refractivity contribution in [3.05, 3.63) is 34.9 Å². The summed E-state index contributed by atoms with van der Waals surface area (Å²) in [4.78, 5) is 16.9. The maximum Gasteiger partial charge on any atom is 0.164 e. The third-order valence-corrected chi connectivity index (χ3v) is 3.73. The van der Waals surface area contributed by atoms with Gasteiger partial charge in [0.25, 0.3) is 0 Å². The fourth-order valence-electron chi connectivity index (χ4n) is 2.58. The first kappa shape index (κ1) is 17.9. The number of nitrogens with zero attached hydrogens (tertiary/aromatic N) is 2. The first-order valence-corrected chi connectivity index (χ1v) is 7.91. The van der Waals surface area contributed by atoms with Gasteiger partial charge in [0.1, 0.15) is 0 Å². The first-order valence-electron chi connectivity index (χ1n) is 7.91. The number of carbonyl (C=O) groups is 1. The molecule has 0 saturated carbocycles. The predicted molar refractivity (Wildman–Crippen MR) is 90.1 cm³/mol. The Balaban J connectivity index is 2.46. The number of hydrogen-bond acceptors (Lipinski definition) is 3. The Hall–Kier alpha value is -1.19. The van der Waals surface area contributed by atoms with Crippen molar-refractivity contribution in [1.29, 1.82) is 0 Å². The molecule has 21 heavy (non-hydrogen) atoms. The number of rotatable bonds is 9. The molecule has 0 saturated heterocycles. The van der Waals surface area contributed by atoms with E-state index in [0.717, 1.165) is 49.3 Å². The van der Waals surface area contributed by atoms with Crippen LogP contribution in [-0.4, -0.2) is 55.9 Å². The zero-order valence-electron chi connectivity index (χ0n) is 14.3. The Bertz CT molecular complexity index is 434. The van der Waals surface area contributed by atoms with Crippen molar-refractivity contribution in [3.63, 3.8) is 0 Å². The minimum absolute atomic E-state index is 0.257. The second-order valence-corrected chi connectivity index (χ2v) is 6.14. The van der Waals surface area contributed by atoms with E-state index in [9.17, 15) is 4.79 Å². The number of hydrogen-bond donors (Lipinski definition) is 0. The van der Waals surface area contributed by atoms with Crippen LogP contribution in [0, 0.1) is 13.8 Å². The molecule has 3 heteroatoms. The van der Waals surface area contributed by atoms with Crippen LogP contribution in [0.15, 0.2) is 18.2 Å². The Morgan fingerprint density at radius 2 is 1.62 bits per heavy atom. The van der Waals surface area contributed by atoms with Gasteiger partial charge in [-0.3, -0.25) is 4.79 Å². The number of benzene rings is 1. The summed E-state index contributed by atoms with van der Waals surface area (Å²) in [6, 6.07) is 6.10. The number of Topliss-reactive ketones (excluding diaryl/α,β-unsaturated/α-hetero) is 1. The predicted octanol–water partition coefficient (Wildman–Crippen LogP) is 3.15. The van der Waals surface area contributed by atoms with Gasteiger partial charge in [-0.25, -0.2) is 0 Å². The van der Waals surface area contributed by atoms with E-state index in [1.54, 1.807) is 0 Å². The number of ketones is 1. The normalized spacial score (nSPS) is 11.4. The molecule has 0 radical (unpaired) electrons. The molecule has 1 aromatic carbocycles. The van der Waals surface area contributed by atoms with E-state index < -0.39 is 0 Å².